The van der Waals surface area contributed by atoms with E-state index < -0.39 is 42.3 Å². The third-order valence-corrected chi connectivity index (χ3v) is 7.56. The number of fused-ring (bicyclic) bond motifs is 2. The minimum Gasteiger partial charge on any atom is -0.507 e. The van der Waals surface area contributed by atoms with E-state index in [1.807, 2.05) is 32.0 Å². The van der Waals surface area contributed by atoms with Crippen molar-refractivity contribution >= 4 is 23.8 Å². The molecule has 0 unspecified atom stereocenters. The van der Waals surface area contributed by atoms with Gasteiger partial charge in [0.1, 0.15) is 17.6 Å². The lowest BCUT2D eigenvalue weighted by Gasteiger charge is -2.28. The Bertz CT molecular complexity index is 1460. The second-order valence-electron chi connectivity index (χ2n) is 10.9. The van der Waals surface area contributed by atoms with Gasteiger partial charge in [-0.05, 0) is 38.3 Å². The summed E-state index contributed by atoms with van der Waals surface area (Å²) in [5.41, 5.74) is 8.32. The first-order chi connectivity index (χ1) is 20.9. The molecule has 236 valence electrons. The number of rotatable bonds is 4. The second-order valence-corrected chi connectivity index (χ2v) is 10.9. The predicted octanol–water partition coefficient (Wildman–Crippen LogP) is 5.45. The average Bonchev–Trinajstić information content (AvgIpc) is 2.98. The summed E-state index contributed by atoms with van der Waals surface area (Å²) in [6.45, 7) is 6.96. The van der Waals surface area contributed by atoms with Crippen LogP contribution in [0.25, 0.3) is 17.2 Å². The van der Waals surface area contributed by atoms with Crippen LogP contribution in [0.15, 0.2) is 77.4 Å². The third-order valence-electron chi connectivity index (χ3n) is 7.56. The zero-order valence-corrected chi connectivity index (χ0v) is 25.9. The molecule has 5 atom stereocenters. The maximum absolute atomic E-state index is 13.1. The Morgan fingerprint density at radius 3 is 2.36 bits per heavy atom. The Morgan fingerprint density at radius 2 is 1.75 bits per heavy atom. The van der Waals surface area contributed by atoms with E-state index in [0.29, 0.717) is 22.3 Å². The van der Waals surface area contributed by atoms with Crippen molar-refractivity contribution in [1.82, 2.24) is 0 Å². The molecular weight excluding hydrogens is 564 g/mol. The maximum Gasteiger partial charge on any atom is 0.405 e. The molecule has 2 amide bonds. The van der Waals surface area contributed by atoms with Gasteiger partial charge in [-0.25, -0.2) is 4.79 Å². The standard InChI is InChI=1S/C34H42N2O8/c1-19-15-24-29(23-12-8-7-9-13-23)26(37)18-25(31(24)39)36-33(40)20(2)11-10-14-27(42-5)32(44-34(35)41)22(4)17-21(3)30(38)28(16-19)43-6/h7-15,17-18,21,27-28,30,32,37-39H,16H2,1-6H3,(H2,35,41)(H,36,40)/b14-10?,19-15+,20-11+,22-17+/t21-,27-,28-,30+,32-/m0/s1. The van der Waals surface area contributed by atoms with E-state index in [1.54, 1.807) is 50.3 Å². The fourth-order valence-electron chi connectivity index (χ4n) is 5.19. The van der Waals surface area contributed by atoms with E-state index in [0.717, 1.165) is 5.57 Å². The molecular formula is C34H42N2O8. The lowest BCUT2D eigenvalue weighted by Crippen LogP contribution is -2.36. The number of primary amides is 1. The number of phenolic OH excluding ortho intramolecular Hbond substituents is 2. The van der Waals surface area contributed by atoms with Crippen molar-refractivity contribution in [2.75, 3.05) is 19.5 Å². The Balaban J connectivity index is 2.22. The number of aromatic hydroxyl groups is 2. The van der Waals surface area contributed by atoms with Gasteiger partial charge in [-0.3, -0.25) is 4.79 Å². The molecule has 2 bridgehead atoms. The van der Waals surface area contributed by atoms with Gasteiger partial charge in [0.15, 0.2) is 6.10 Å². The zero-order chi connectivity index (χ0) is 32.6. The van der Waals surface area contributed by atoms with Crippen LogP contribution in [0.4, 0.5) is 10.5 Å². The van der Waals surface area contributed by atoms with Crippen LogP contribution in [0.1, 0.15) is 39.7 Å². The first kappa shape index (κ1) is 34.1. The van der Waals surface area contributed by atoms with Crippen LogP contribution in [0.2, 0.25) is 0 Å². The summed E-state index contributed by atoms with van der Waals surface area (Å²) in [6, 6.07) is 10.4. The largest absolute Gasteiger partial charge is 0.507 e. The van der Waals surface area contributed by atoms with E-state index in [2.05, 4.69) is 5.32 Å². The number of allylic oxidation sites excluding steroid dienone is 2. The molecule has 0 saturated carbocycles. The maximum atomic E-state index is 13.1. The average molecular weight is 607 g/mol. The normalized spacial score (nSPS) is 27.2. The number of anilines is 1. The van der Waals surface area contributed by atoms with E-state index in [-0.39, 0.29) is 29.2 Å². The number of aliphatic hydroxyl groups excluding tert-OH is 1. The predicted molar refractivity (Wildman–Crippen MR) is 170 cm³/mol. The molecule has 2 aromatic carbocycles. The number of aliphatic hydroxyl groups is 1. The van der Waals surface area contributed by atoms with E-state index in [9.17, 15) is 24.9 Å². The van der Waals surface area contributed by atoms with Crippen molar-refractivity contribution < 1.29 is 39.1 Å². The molecule has 1 heterocycles. The van der Waals surface area contributed by atoms with Gasteiger partial charge < -0.3 is 40.6 Å². The second kappa shape index (κ2) is 15.4. The summed E-state index contributed by atoms with van der Waals surface area (Å²) in [5, 5.41) is 36.5. The molecule has 6 N–H and O–H groups in total. The molecule has 0 aromatic heterocycles. The summed E-state index contributed by atoms with van der Waals surface area (Å²) in [4.78, 5) is 24.9. The van der Waals surface area contributed by atoms with Crippen molar-refractivity contribution in [3.63, 3.8) is 0 Å². The number of carbonyl (C=O) groups is 2. The number of nitrogens with one attached hydrogen (secondary N) is 1. The molecule has 0 radical (unpaired) electrons. The highest BCUT2D eigenvalue weighted by Gasteiger charge is 2.29. The van der Waals surface area contributed by atoms with Crippen LogP contribution in [0.3, 0.4) is 0 Å². The van der Waals surface area contributed by atoms with Gasteiger partial charge >= 0.3 is 6.09 Å². The van der Waals surface area contributed by atoms with Crippen LogP contribution >= 0.6 is 0 Å². The molecule has 0 saturated heterocycles. The van der Waals surface area contributed by atoms with Gasteiger partial charge in [-0.15, -0.1) is 0 Å². The van der Waals surface area contributed by atoms with Gasteiger partial charge in [0.25, 0.3) is 5.91 Å². The number of carbonyl (C=O) groups excluding carboxylic acids is 2. The molecule has 2 aromatic rings. The molecule has 10 heteroatoms. The minimum absolute atomic E-state index is 0.0161. The van der Waals surface area contributed by atoms with Gasteiger partial charge in [0, 0.05) is 42.9 Å². The quantitative estimate of drug-likeness (QED) is 0.174. The molecule has 0 aliphatic carbocycles. The number of phenols is 2. The molecule has 44 heavy (non-hydrogen) atoms. The Kier molecular flexibility index (Phi) is 11.9. The summed E-state index contributed by atoms with van der Waals surface area (Å²) < 4.78 is 16.6. The fraction of sp³-hybridized carbons (Fsp3) is 0.353. The highest BCUT2D eigenvalue weighted by Crippen LogP contribution is 2.44. The topological polar surface area (TPSA) is 161 Å². The summed E-state index contributed by atoms with van der Waals surface area (Å²) in [7, 11) is 2.94. The van der Waals surface area contributed by atoms with Gasteiger partial charge in [-0.1, -0.05) is 73.2 Å². The molecule has 1 aliphatic rings. The lowest BCUT2D eigenvalue weighted by atomic mass is 9.90. The number of amides is 2. The molecule has 0 spiro atoms. The zero-order valence-electron chi connectivity index (χ0n) is 25.9. The van der Waals surface area contributed by atoms with Crippen LogP contribution in [0.5, 0.6) is 11.5 Å². The first-order valence-corrected chi connectivity index (χ1v) is 14.2. The molecule has 10 nitrogen and oxygen atoms in total. The number of hydrogen-bond donors (Lipinski definition) is 5. The molecule has 1 aliphatic heterocycles. The highest BCUT2D eigenvalue weighted by atomic mass is 16.6. The fourth-order valence-corrected chi connectivity index (χ4v) is 5.19. The smallest absolute Gasteiger partial charge is 0.405 e. The van der Waals surface area contributed by atoms with E-state index in [1.165, 1.54) is 26.4 Å². The Hall–Kier alpha value is -4.38. The number of benzene rings is 2. The Labute approximate surface area is 258 Å². The number of methoxy groups -OCH3 is 2. The SMILES string of the molecule is CO[C@H]1C=C/C=C(\C)C(=O)Nc2cc(O)c(-c3ccccc3)c(c2O)/C=C(\C)C[C@H](OC)[C@H](O)[C@@H](C)/C=C(\C)[C@@H]1OC(N)=O. The number of hydrogen-bond acceptors (Lipinski definition) is 8. The lowest BCUT2D eigenvalue weighted by molar-refractivity contribution is -0.112. The van der Waals surface area contributed by atoms with Crippen LogP contribution in [-0.2, 0) is 19.0 Å². The number of nitrogens with two attached hydrogens (primary N) is 1. The highest BCUT2D eigenvalue weighted by molar-refractivity contribution is 6.05. The van der Waals surface area contributed by atoms with Gasteiger partial charge in [-0.2, -0.15) is 0 Å². The van der Waals surface area contributed by atoms with Crippen LogP contribution < -0.4 is 11.1 Å². The van der Waals surface area contributed by atoms with Crippen molar-refractivity contribution in [3.05, 3.63) is 83.0 Å². The van der Waals surface area contributed by atoms with Gasteiger partial charge in [0.05, 0.1) is 17.9 Å². The van der Waals surface area contributed by atoms with Crippen molar-refractivity contribution in [2.45, 2.75) is 58.5 Å². The number of ether oxygens (including phenoxy) is 3. The van der Waals surface area contributed by atoms with Crippen molar-refractivity contribution in [1.29, 1.82) is 0 Å². The van der Waals surface area contributed by atoms with E-state index >= 15 is 0 Å². The van der Waals surface area contributed by atoms with Gasteiger partial charge in [0.2, 0.25) is 0 Å². The van der Waals surface area contributed by atoms with Crippen LogP contribution in [-0.4, -0.2) is 66.0 Å². The van der Waals surface area contributed by atoms with Crippen LogP contribution in [0, 0.1) is 5.92 Å². The molecule has 3 rings (SSSR count). The monoisotopic (exact) mass is 606 g/mol. The van der Waals surface area contributed by atoms with E-state index in [4.69, 9.17) is 19.9 Å². The molecule has 0 fully saturated rings. The summed E-state index contributed by atoms with van der Waals surface area (Å²) >= 11 is 0. The van der Waals surface area contributed by atoms with Crippen molar-refractivity contribution in [2.24, 2.45) is 11.7 Å². The van der Waals surface area contributed by atoms with Crippen molar-refractivity contribution in [3.8, 4) is 22.6 Å². The summed E-state index contributed by atoms with van der Waals surface area (Å²) in [5.74, 6) is -1.34. The Morgan fingerprint density at radius 1 is 1.07 bits per heavy atom. The summed E-state index contributed by atoms with van der Waals surface area (Å²) in [6.07, 6.45) is 4.16. The third kappa shape index (κ3) is 8.37. The first-order valence-electron chi connectivity index (χ1n) is 14.2. The minimum atomic E-state index is -0.994.